The van der Waals surface area contributed by atoms with E-state index in [1.807, 2.05) is 0 Å². The van der Waals surface area contributed by atoms with Gasteiger partial charge in [0.05, 0.1) is 32.4 Å². The molecule has 3 rings (SSSR count). The number of hydrogen-bond donors (Lipinski definition) is 3. The van der Waals surface area contributed by atoms with Crippen LogP contribution in [0.3, 0.4) is 0 Å². The van der Waals surface area contributed by atoms with E-state index in [-0.39, 0.29) is 24.6 Å². The molecule has 2 aromatic carbocycles. The van der Waals surface area contributed by atoms with Crippen LogP contribution in [0.4, 0.5) is 0 Å². The molecule has 1 aliphatic rings. The molecule has 4 N–H and O–H groups in total. The van der Waals surface area contributed by atoms with Crippen molar-refractivity contribution >= 4 is 29.3 Å². The van der Waals surface area contributed by atoms with Crippen LogP contribution in [-0.4, -0.2) is 89.8 Å². The Morgan fingerprint density at radius 2 is 1.67 bits per heavy atom. The zero-order chi connectivity index (χ0) is 31.2. The maximum absolute atomic E-state index is 14.1. The minimum atomic E-state index is -2.92. The predicted molar refractivity (Wildman–Crippen MR) is 152 cm³/mol. The number of carbonyl (C=O) groups excluding carboxylic acids is 3. The van der Waals surface area contributed by atoms with E-state index < -0.39 is 47.8 Å². The van der Waals surface area contributed by atoms with Crippen molar-refractivity contribution in [1.29, 1.82) is 0 Å². The van der Waals surface area contributed by atoms with E-state index in [0.717, 1.165) is 0 Å². The van der Waals surface area contributed by atoms with Crippen LogP contribution in [0.1, 0.15) is 25.0 Å². The fourth-order valence-electron chi connectivity index (χ4n) is 4.88. The Morgan fingerprint density at radius 1 is 1.02 bits per heavy atom. The van der Waals surface area contributed by atoms with Crippen molar-refractivity contribution in [2.24, 2.45) is 17.6 Å². The van der Waals surface area contributed by atoms with E-state index in [1.165, 1.54) is 37.3 Å². The van der Waals surface area contributed by atoms with Crippen LogP contribution in [0.25, 0.3) is 5.70 Å². The molecular formula is C30H37N3O9. The molecule has 0 radical (unpaired) electrons. The number of benzene rings is 2. The monoisotopic (exact) mass is 583 g/mol. The Morgan fingerprint density at radius 3 is 2.21 bits per heavy atom. The summed E-state index contributed by atoms with van der Waals surface area (Å²) in [6.07, 6.45) is 1.27. The first kappa shape index (κ1) is 32.3. The number of rotatable bonds is 13. The molecule has 0 bridgehead atoms. The van der Waals surface area contributed by atoms with E-state index in [9.17, 15) is 29.4 Å². The molecule has 0 saturated carbocycles. The van der Waals surface area contributed by atoms with Crippen LogP contribution < -0.4 is 15.2 Å². The molecule has 226 valence electrons. The Labute approximate surface area is 244 Å². The van der Waals surface area contributed by atoms with E-state index in [2.05, 4.69) is 0 Å². The zero-order valence-corrected chi connectivity index (χ0v) is 24.3. The number of ether oxygens (including phenoxy) is 3. The average molecular weight is 584 g/mol. The molecule has 3 atom stereocenters. The summed E-state index contributed by atoms with van der Waals surface area (Å²) in [7, 11) is 4.27. The largest absolute Gasteiger partial charge is 0.493 e. The van der Waals surface area contributed by atoms with Gasteiger partial charge in [0.2, 0.25) is 5.72 Å². The molecule has 12 nitrogen and oxygen atoms in total. The van der Waals surface area contributed by atoms with Gasteiger partial charge in [-0.2, -0.15) is 0 Å². The van der Waals surface area contributed by atoms with Crippen LogP contribution in [0.15, 0.2) is 54.7 Å². The molecule has 0 aromatic heterocycles. The van der Waals surface area contributed by atoms with Crippen molar-refractivity contribution in [1.82, 2.24) is 9.80 Å². The summed E-state index contributed by atoms with van der Waals surface area (Å²) in [6.45, 7) is 2.60. The van der Waals surface area contributed by atoms with Crippen molar-refractivity contribution < 1.29 is 43.6 Å². The van der Waals surface area contributed by atoms with Crippen molar-refractivity contribution in [3.63, 3.8) is 0 Å². The molecule has 2 amide bonds. The topological polar surface area (TPSA) is 169 Å². The van der Waals surface area contributed by atoms with Crippen LogP contribution in [0, 0.1) is 11.8 Å². The van der Waals surface area contributed by atoms with Crippen LogP contribution in [0.2, 0.25) is 0 Å². The van der Waals surface area contributed by atoms with Crippen LogP contribution >= 0.6 is 0 Å². The van der Waals surface area contributed by atoms with E-state index >= 15 is 0 Å². The van der Waals surface area contributed by atoms with Crippen molar-refractivity contribution in [3.05, 3.63) is 65.9 Å². The number of carboxylic acid groups (broad SMARTS) is 1. The minimum Gasteiger partial charge on any atom is -0.493 e. The second kappa shape index (κ2) is 13.6. The standard InChI is InChI=1S/C30H37N3O9/c1-18(2)27-28(36)32(16-23(34)21(30(31,39)29(37)38)13-19-9-7-6-8-10-19)22(15-33(27)26(35)17-40-3)20-11-12-24(41-4)25(14-20)42-5/h6-12,14-15,18,21,27,39H,13,16-17,31H2,1-5H3,(H,37,38)/t21-,27?,30?/m1/s1. The molecular weight excluding hydrogens is 546 g/mol. The third-order valence-corrected chi connectivity index (χ3v) is 7.10. The highest BCUT2D eigenvalue weighted by Gasteiger charge is 2.47. The number of methoxy groups -OCH3 is 3. The summed E-state index contributed by atoms with van der Waals surface area (Å²) >= 11 is 0. The summed E-state index contributed by atoms with van der Waals surface area (Å²) in [5, 5.41) is 20.4. The average Bonchev–Trinajstić information content (AvgIpc) is 2.96. The molecule has 12 heteroatoms. The molecule has 1 heterocycles. The Hall–Kier alpha value is -4.26. The number of nitrogens with zero attached hydrogens (tertiary/aromatic N) is 2. The molecule has 2 unspecified atom stereocenters. The van der Waals surface area contributed by atoms with Crippen LogP contribution in [-0.2, 0) is 30.3 Å². The van der Waals surface area contributed by atoms with Crippen molar-refractivity contribution in [3.8, 4) is 11.5 Å². The first-order chi connectivity index (χ1) is 19.9. The van der Waals surface area contributed by atoms with Crippen molar-refractivity contribution in [2.45, 2.75) is 32.0 Å². The summed E-state index contributed by atoms with van der Waals surface area (Å²) in [5.41, 5.74) is 4.03. The van der Waals surface area contributed by atoms with Gasteiger partial charge in [-0.05, 0) is 36.1 Å². The maximum atomic E-state index is 14.1. The van der Waals surface area contributed by atoms with Gasteiger partial charge in [0.15, 0.2) is 17.3 Å². The van der Waals surface area contributed by atoms with Gasteiger partial charge in [0, 0.05) is 18.9 Å². The zero-order valence-electron chi connectivity index (χ0n) is 24.3. The third kappa shape index (κ3) is 6.78. The maximum Gasteiger partial charge on any atom is 0.351 e. The first-order valence-electron chi connectivity index (χ1n) is 13.2. The Bertz CT molecular complexity index is 1340. The number of aliphatic hydroxyl groups is 1. The summed E-state index contributed by atoms with van der Waals surface area (Å²) in [5.74, 6) is -4.86. The quantitative estimate of drug-likeness (QED) is 0.294. The molecule has 0 saturated heterocycles. The number of Topliss-reactive ketones (excluding diaryl/α,β-unsaturated/α-hetero) is 1. The molecule has 0 fully saturated rings. The van der Waals surface area contributed by atoms with Crippen LogP contribution in [0.5, 0.6) is 11.5 Å². The van der Waals surface area contributed by atoms with Gasteiger partial charge in [-0.3, -0.25) is 20.1 Å². The fourth-order valence-corrected chi connectivity index (χ4v) is 4.88. The van der Waals surface area contributed by atoms with Gasteiger partial charge >= 0.3 is 5.97 Å². The lowest BCUT2D eigenvalue weighted by Crippen LogP contribution is -2.60. The summed E-state index contributed by atoms with van der Waals surface area (Å²) in [6, 6.07) is 12.3. The van der Waals surface area contributed by atoms with E-state index in [4.69, 9.17) is 19.9 Å². The SMILES string of the molecule is COCC(=O)N1C=C(c2ccc(OC)c(OC)c2)N(CC(=O)[C@@H](Cc2ccccc2)C(N)(O)C(=O)O)C(=O)C1C(C)C. The number of ketones is 1. The number of amides is 2. The fraction of sp³-hybridized carbons (Fsp3) is 0.400. The lowest BCUT2D eigenvalue weighted by atomic mass is 9.85. The summed E-state index contributed by atoms with van der Waals surface area (Å²) < 4.78 is 15.8. The van der Waals surface area contributed by atoms with Gasteiger partial charge < -0.3 is 34.2 Å². The smallest absolute Gasteiger partial charge is 0.351 e. The first-order valence-corrected chi connectivity index (χ1v) is 13.2. The number of nitrogens with two attached hydrogens (primary N) is 1. The van der Waals surface area contributed by atoms with E-state index in [0.29, 0.717) is 22.6 Å². The van der Waals surface area contributed by atoms with Crippen molar-refractivity contribution in [2.75, 3.05) is 34.5 Å². The molecule has 2 aromatic rings. The van der Waals surface area contributed by atoms with Gasteiger partial charge in [-0.15, -0.1) is 0 Å². The highest BCUT2D eigenvalue weighted by atomic mass is 16.5. The van der Waals surface area contributed by atoms with Gasteiger partial charge in [-0.1, -0.05) is 44.2 Å². The molecule has 42 heavy (non-hydrogen) atoms. The second-order valence-corrected chi connectivity index (χ2v) is 10.3. The predicted octanol–water partition coefficient (Wildman–Crippen LogP) is 1.50. The Kier molecular flexibility index (Phi) is 10.4. The summed E-state index contributed by atoms with van der Waals surface area (Å²) in [4.78, 5) is 55.4. The van der Waals surface area contributed by atoms with E-state index in [1.54, 1.807) is 62.4 Å². The number of carboxylic acids is 1. The van der Waals surface area contributed by atoms with Gasteiger partial charge in [0.1, 0.15) is 12.6 Å². The Balaban J connectivity index is 2.15. The lowest BCUT2D eigenvalue weighted by Gasteiger charge is -2.41. The minimum absolute atomic E-state index is 0.171. The highest BCUT2D eigenvalue weighted by molar-refractivity contribution is 6.01. The normalized spacial score (nSPS) is 17.4. The second-order valence-electron chi connectivity index (χ2n) is 10.3. The lowest BCUT2D eigenvalue weighted by molar-refractivity contribution is -0.168. The molecule has 0 spiro atoms. The molecule has 1 aliphatic heterocycles. The highest BCUT2D eigenvalue weighted by Crippen LogP contribution is 2.35. The number of aliphatic carboxylic acids is 1. The van der Waals surface area contributed by atoms with Gasteiger partial charge in [-0.25, -0.2) is 4.79 Å². The number of carbonyl (C=O) groups is 4. The third-order valence-electron chi connectivity index (χ3n) is 7.10. The van der Waals surface area contributed by atoms with Gasteiger partial charge in [0.25, 0.3) is 11.8 Å². The number of hydrogen-bond acceptors (Lipinski definition) is 9. The molecule has 0 aliphatic carbocycles.